The SMILES string of the molecule is C/C=C/CCCC(=O)N(C)CC[N+](C)(C)CCO. The molecule has 0 saturated heterocycles. The Kier molecular flexibility index (Phi) is 8.67. The van der Waals surface area contributed by atoms with Gasteiger partial charge in [-0.25, -0.2) is 0 Å². The van der Waals surface area contributed by atoms with Gasteiger partial charge < -0.3 is 14.5 Å². The largest absolute Gasteiger partial charge is 0.391 e. The van der Waals surface area contributed by atoms with E-state index < -0.39 is 0 Å². The average Bonchev–Trinajstić information content (AvgIpc) is 2.31. The first-order valence-corrected chi connectivity index (χ1v) is 6.71. The summed E-state index contributed by atoms with van der Waals surface area (Å²) in [5, 5.41) is 8.94. The number of hydrogen-bond donors (Lipinski definition) is 1. The first-order chi connectivity index (χ1) is 8.43. The van der Waals surface area contributed by atoms with Crippen LogP contribution in [0.15, 0.2) is 12.2 Å². The van der Waals surface area contributed by atoms with Crippen LogP contribution in [0.1, 0.15) is 26.2 Å². The summed E-state index contributed by atoms with van der Waals surface area (Å²) in [5.74, 6) is 0.212. The summed E-state index contributed by atoms with van der Waals surface area (Å²) in [6.45, 7) is 4.53. The normalized spacial score (nSPS) is 12.1. The monoisotopic (exact) mass is 257 g/mol. The number of aliphatic hydroxyl groups is 1. The molecule has 0 aromatic carbocycles. The van der Waals surface area contributed by atoms with Crippen LogP contribution in [0.4, 0.5) is 0 Å². The van der Waals surface area contributed by atoms with Crippen molar-refractivity contribution in [2.24, 2.45) is 0 Å². The summed E-state index contributed by atoms with van der Waals surface area (Å²) in [7, 11) is 6.00. The second-order valence-electron chi connectivity index (χ2n) is 5.38. The van der Waals surface area contributed by atoms with Gasteiger partial charge in [0.2, 0.25) is 5.91 Å². The minimum absolute atomic E-state index is 0.189. The lowest BCUT2D eigenvalue weighted by Gasteiger charge is -2.31. The fourth-order valence-corrected chi connectivity index (χ4v) is 1.66. The van der Waals surface area contributed by atoms with Crippen molar-refractivity contribution in [1.29, 1.82) is 0 Å². The van der Waals surface area contributed by atoms with Crippen LogP contribution < -0.4 is 0 Å². The number of hydrogen-bond acceptors (Lipinski definition) is 2. The maximum atomic E-state index is 11.8. The van der Waals surface area contributed by atoms with Crippen LogP contribution in [-0.4, -0.2) is 67.8 Å². The highest BCUT2D eigenvalue weighted by Crippen LogP contribution is 2.02. The highest BCUT2D eigenvalue weighted by atomic mass is 16.3. The zero-order valence-electron chi connectivity index (χ0n) is 12.4. The lowest BCUT2D eigenvalue weighted by molar-refractivity contribution is -0.890. The van der Waals surface area contributed by atoms with Crippen molar-refractivity contribution in [2.45, 2.75) is 26.2 Å². The van der Waals surface area contributed by atoms with Crippen LogP contribution in [0.2, 0.25) is 0 Å². The van der Waals surface area contributed by atoms with Gasteiger partial charge in [-0.05, 0) is 19.8 Å². The molecule has 0 heterocycles. The highest BCUT2D eigenvalue weighted by Gasteiger charge is 2.16. The van der Waals surface area contributed by atoms with Crippen LogP contribution in [0.25, 0.3) is 0 Å². The van der Waals surface area contributed by atoms with Gasteiger partial charge in [0.1, 0.15) is 6.54 Å². The molecule has 0 radical (unpaired) electrons. The zero-order valence-corrected chi connectivity index (χ0v) is 12.4. The Labute approximate surface area is 111 Å². The van der Waals surface area contributed by atoms with Crippen LogP contribution in [0.3, 0.4) is 0 Å². The second-order valence-corrected chi connectivity index (χ2v) is 5.38. The Bertz CT molecular complexity index is 263. The quantitative estimate of drug-likeness (QED) is 0.384. The first-order valence-electron chi connectivity index (χ1n) is 6.71. The molecule has 0 aromatic rings. The van der Waals surface area contributed by atoms with Crippen molar-refractivity contribution in [3.63, 3.8) is 0 Å². The van der Waals surface area contributed by atoms with E-state index in [1.54, 1.807) is 4.90 Å². The third-order valence-corrected chi connectivity index (χ3v) is 3.17. The first kappa shape index (κ1) is 17.1. The highest BCUT2D eigenvalue weighted by molar-refractivity contribution is 5.75. The maximum absolute atomic E-state index is 11.8. The Morgan fingerprint density at radius 3 is 2.56 bits per heavy atom. The van der Waals surface area contributed by atoms with E-state index in [0.717, 1.165) is 37.0 Å². The Balaban J connectivity index is 3.86. The molecule has 0 aliphatic heterocycles. The van der Waals surface area contributed by atoms with Gasteiger partial charge in [0.25, 0.3) is 0 Å². The van der Waals surface area contributed by atoms with E-state index in [4.69, 9.17) is 5.11 Å². The van der Waals surface area contributed by atoms with Gasteiger partial charge in [-0.1, -0.05) is 12.2 Å². The van der Waals surface area contributed by atoms with E-state index in [2.05, 4.69) is 20.2 Å². The molecular formula is C14H29N2O2+. The number of amides is 1. The number of carbonyl (C=O) groups is 1. The number of carbonyl (C=O) groups excluding carboxylic acids is 1. The predicted molar refractivity (Wildman–Crippen MR) is 75.2 cm³/mol. The Hall–Kier alpha value is -0.870. The van der Waals surface area contributed by atoms with Crippen molar-refractivity contribution in [1.82, 2.24) is 4.90 Å². The Morgan fingerprint density at radius 1 is 1.33 bits per heavy atom. The van der Waals surface area contributed by atoms with E-state index in [0.29, 0.717) is 6.42 Å². The van der Waals surface area contributed by atoms with Crippen LogP contribution in [0, 0.1) is 0 Å². The molecule has 0 bridgehead atoms. The molecule has 0 aliphatic carbocycles. The number of allylic oxidation sites excluding steroid dienone is 2. The summed E-state index contributed by atoms with van der Waals surface area (Å²) in [6, 6.07) is 0. The van der Waals surface area contributed by atoms with Crippen LogP contribution >= 0.6 is 0 Å². The number of rotatable bonds is 9. The van der Waals surface area contributed by atoms with Gasteiger partial charge in [-0.2, -0.15) is 0 Å². The van der Waals surface area contributed by atoms with Crippen LogP contribution in [-0.2, 0) is 4.79 Å². The number of aliphatic hydroxyl groups excluding tert-OH is 1. The van der Waals surface area contributed by atoms with E-state index in [1.165, 1.54) is 0 Å². The molecule has 18 heavy (non-hydrogen) atoms. The van der Waals surface area contributed by atoms with Gasteiger partial charge in [0, 0.05) is 13.5 Å². The third kappa shape index (κ3) is 8.25. The molecular weight excluding hydrogens is 228 g/mol. The van der Waals surface area contributed by atoms with Crippen molar-refractivity contribution in [3.8, 4) is 0 Å². The molecule has 1 amide bonds. The molecule has 0 aliphatic rings. The van der Waals surface area contributed by atoms with E-state index in [9.17, 15) is 4.79 Å². The number of unbranched alkanes of at least 4 members (excludes halogenated alkanes) is 1. The lowest BCUT2D eigenvalue weighted by atomic mass is 10.2. The fourth-order valence-electron chi connectivity index (χ4n) is 1.66. The maximum Gasteiger partial charge on any atom is 0.222 e. The van der Waals surface area contributed by atoms with E-state index in [1.807, 2.05) is 20.0 Å². The molecule has 4 nitrogen and oxygen atoms in total. The van der Waals surface area contributed by atoms with Crippen molar-refractivity contribution in [2.75, 3.05) is 47.4 Å². The average molecular weight is 257 g/mol. The molecule has 1 N–H and O–H groups in total. The minimum Gasteiger partial charge on any atom is -0.391 e. The predicted octanol–water partition coefficient (Wildman–Crippen LogP) is 1.26. The summed E-state index contributed by atoms with van der Waals surface area (Å²) in [4.78, 5) is 13.6. The minimum atomic E-state index is 0.189. The van der Waals surface area contributed by atoms with E-state index in [-0.39, 0.29) is 12.5 Å². The van der Waals surface area contributed by atoms with E-state index >= 15 is 0 Å². The third-order valence-electron chi connectivity index (χ3n) is 3.17. The molecule has 0 rings (SSSR count). The van der Waals surface area contributed by atoms with Crippen LogP contribution in [0.5, 0.6) is 0 Å². The number of quaternary nitrogens is 1. The number of likely N-dealkylation sites (N-methyl/N-ethyl adjacent to an activating group) is 2. The Morgan fingerprint density at radius 2 is 2.00 bits per heavy atom. The molecule has 0 spiro atoms. The molecule has 106 valence electrons. The molecule has 0 saturated carbocycles. The van der Waals surface area contributed by atoms with Crippen molar-refractivity contribution in [3.05, 3.63) is 12.2 Å². The summed E-state index contributed by atoms with van der Waals surface area (Å²) in [6.07, 6.45) is 6.62. The smallest absolute Gasteiger partial charge is 0.222 e. The fraction of sp³-hybridized carbons (Fsp3) is 0.786. The number of nitrogens with zero attached hydrogens (tertiary/aromatic N) is 2. The van der Waals surface area contributed by atoms with Crippen molar-refractivity contribution >= 4 is 5.91 Å². The standard InChI is InChI=1S/C14H29N2O2/c1-5-6-7-8-9-14(18)15(2)10-11-16(3,4)12-13-17/h5-6,17H,7-13H2,1-4H3/q+1/b6-5+. The zero-order chi connectivity index (χ0) is 14.0. The van der Waals surface area contributed by atoms with Gasteiger partial charge in [-0.15, -0.1) is 0 Å². The van der Waals surface area contributed by atoms with Crippen molar-refractivity contribution < 1.29 is 14.4 Å². The van der Waals surface area contributed by atoms with Gasteiger partial charge in [-0.3, -0.25) is 4.79 Å². The molecule has 0 unspecified atom stereocenters. The topological polar surface area (TPSA) is 40.5 Å². The molecule has 4 heteroatoms. The summed E-state index contributed by atoms with van der Waals surface area (Å²) < 4.78 is 0.743. The molecule has 0 fully saturated rings. The molecule has 0 atom stereocenters. The summed E-state index contributed by atoms with van der Waals surface area (Å²) in [5.41, 5.74) is 0. The second kappa shape index (κ2) is 9.11. The lowest BCUT2D eigenvalue weighted by Crippen LogP contribution is -2.47. The van der Waals surface area contributed by atoms with Gasteiger partial charge in [0.05, 0.1) is 33.8 Å². The van der Waals surface area contributed by atoms with Gasteiger partial charge in [0.15, 0.2) is 0 Å². The summed E-state index contributed by atoms with van der Waals surface area (Å²) >= 11 is 0. The molecule has 0 aromatic heterocycles. The van der Waals surface area contributed by atoms with Gasteiger partial charge >= 0.3 is 0 Å².